The summed E-state index contributed by atoms with van der Waals surface area (Å²) in [4.78, 5) is 23.8. The monoisotopic (exact) mass is 393 g/mol. The van der Waals surface area contributed by atoms with Gasteiger partial charge in [0.2, 0.25) is 0 Å². The van der Waals surface area contributed by atoms with Crippen LogP contribution in [0.1, 0.15) is 39.2 Å². The molecule has 0 unspecified atom stereocenters. The second-order valence-electron chi connectivity index (χ2n) is 6.57. The number of aryl methyl sites for hydroxylation is 1. The Morgan fingerprint density at radius 1 is 1.07 bits per heavy atom. The number of rotatable bonds is 5. The average molecular weight is 393 g/mol. The van der Waals surface area contributed by atoms with Gasteiger partial charge in [-0.2, -0.15) is 0 Å². The van der Waals surface area contributed by atoms with Gasteiger partial charge in [0, 0.05) is 5.92 Å². The van der Waals surface area contributed by atoms with Crippen molar-refractivity contribution in [3.63, 3.8) is 0 Å². The van der Waals surface area contributed by atoms with Gasteiger partial charge in [-0.15, -0.1) is 11.3 Å². The molecule has 3 aromatic rings. The van der Waals surface area contributed by atoms with Gasteiger partial charge in [0.1, 0.15) is 11.5 Å². The highest BCUT2D eigenvalue weighted by atomic mass is 32.1. The molecule has 0 saturated heterocycles. The number of amides is 1. The summed E-state index contributed by atoms with van der Waals surface area (Å²) in [6, 6.07) is 18.0. The number of carboxylic acids is 1. The summed E-state index contributed by atoms with van der Waals surface area (Å²) in [6.07, 6.45) is 0.00697. The van der Waals surface area contributed by atoms with Crippen LogP contribution in [0, 0.1) is 0 Å². The Bertz CT molecular complexity index is 1010. The highest BCUT2D eigenvalue weighted by Gasteiger charge is 2.29. The number of carbonyl (C=O) groups excluding carboxylic acids is 1. The summed E-state index contributed by atoms with van der Waals surface area (Å²) in [7, 11) is 0. The van der Waals surface area contributed by atoms with E-state index in [2.05, 4.69) is 29.6 Å². The van der Waals surface area contributed by atoms with E-state index in [-0.39, 0.29) is 17.4 Å². The second kappa shape index (κ2) is 7.48. The number of carboxylic acid groups (broad SMARTS) is 1. The Balaban J connectivity index is 1.48. The molecule has 1 aromatic heterocycles. The molecule has 0 atom stereocenters. The predicted octanol–water partition coefficient (Wildman–Crippen LogP) is 5.37. The van der Waals surface area contributed by atoms with Gasteiger partial charge in [0.15, 0.2) is 0 Å². The van der Waals surface area contributed by atoms with Crippen molar-refractivity contribution in [1.82, 2.24) is 0 Å². The Morgan fingerprint density at radius 2 is 1.68 bits per heavy atom. The average Bonchev–Trinajstić information content (AvgIpc) is 3.25. The van der Waals surface area contributed by atoms with E-state index in [9.17, 15) is 14.7 Å². The number of aromatic carboxylic acids is 1. The molecule has 5 nitrogen and oxygen atoms in total. The number of hydrogen-bond donors (Lipinski definition) is 2. The highest BCUT2D eigenvalue weighted by Crippen LogP contribution is 2.44. The summed E-state index contributed by atoms with van der Waals surface area (Å²) < 4.78 is 5.50. The number of thiophene rings is 1. The maximum atomic E-state index is 12.3. The molecule has 142 valence electrons. The van der Waals surface area contributed by atoms with Crippen molar-refractivity contribution in [3.05, 3.63) is 76.2 Å². The van der Waals surface area contributed by atoms with Gasteiger partial charge in [-0.25, -0.2) is 9.59 Å². The number of fused-ring (bicyclic) bond motifs is 3. The Labute approximate surface area is 166 Å². The minimum absolute atomic E-state index is 0.0118. The Kier molecular flexibility index (Phi) is 4.88. The van der Waals surface area contributed by atoms with Crippen LogP contribution < -0.4 is 5.32 Å². The first-order valence-corrected chi connectivity index (χ1v) is 9.88. The van der Waals surface area contributed by atoms with Crippen molar-refractivity contribution in [3.8, 4) is 11.1 Å². The SMILES string of the molecule is CCc1cc(NC(=O)OCC2c3ccccc3-c3ccccc32)sc1C(=O)O. The second-order valence-corrected chi connectivity index (χ2v) is 7.63. The number of nitrogens with one attached hydrogen (secondary N) is 1. The fraction of sp³-hybridized carbons (Fsp3) is 0.182. The van der Waals surface area contributed by atoms with E-state index in [0.717, 1.165) is 22.5 Å². The van der Waals surface area contributed by atoms with Crippen molar-refractivity contribution in [1.29, 1.82) is 0 Å². The van der Waals surface area contributed by atoms with E-state index in [1.807, 2.05) is 31.2 Å². The summed E-state index contributed by atoms with van der Waals surface area (Å²) in [5, 5.41) is 12.4. The van der Waals surface area contributed by atoms with Crippen molar-refractivity contribution >= 4 is 28.4 Å². The maximum Gasteiger partial charge on any atom is 0.412 e. The normalized spacial score (nSPS) is 12.3. The van der Waals surface area contributed by atoms with Gasteiger partial charge >= 0.3 is 12.1 Å². The number of hydrogen-bond acceptors (Lipinski definition) is 4. The number of ether oxygens (including phenoxy) is 1. The lowest BCUT2D eigenvalue weighted by atomic mass is 9.98. The molecule has 0 aliphatic heterocycles. The lowest BCUT2D eigenvalue weighted by molar-refractivity contribution is 0.0701. The number of benzene rings is 2. The van der Waals surface area contributed by atoms with Gasteiger partial charge in [0.25, 0.3) is 0 Å². The third kappa shape index (κ3) is 3.27. The third-order valence-corrected chi connectivity index (χ3v) is 6.03. The molecule has 0 spiro atoms. The van der Waals surface area contributed by atoms with Gasteiger partial charge in [-0.05, 0) is 40.3 Å². The van der Waals surface area contributed by atoms with Crippen LogP contribution in [0.5, 0.6) is 0 Å². The molecule has 6 heteroatoms. The lowest BCUT2D eigenvalue weighted by Gasteiger charge is -2.14. The molecule has 2 aromatic carbocycles. The number of carbonyl (C=O) groups is 2. The smallest absolute Gasteiger partial charge is 0.412 e. The van der Waals surface area contributed by atoms with Crippen molar-refractivity contribution in [2.45, 2.75) is 19.3 Å². The molecule has 28 heavy (non-hydrogen) atoms. The zero-order valence-corrected chi connectivity index (χ0v) is 16.1. The molecule has 0 bridgehead atoms. The molecular formula is C22H19NO4S. The fourth-order valence-corrected chi connectivity index (χ4v) is 4.65. The van der Waals surface area contributed by atoms with Crippen molar-refractivity contribution in [2.75, 3.05) is 11.9 Å². The maximum absolute atomic E-state index is 12.3. The first-order chi connectivity index (χ1) is 13.6. The van der Waals surface area contributed by atoms with Crippen LogP contribution in [-0.2, 0) is 11.2 Å². The van der Waals surface area contributed by atoms with Crippen LogP contribution in [0.4, 0.5) is 9.80 Å². The highest BCUT2D eigenvalue weighted by molar-refractivity contribution is 7.18. The summed E-state index contributed by atoms with van der Waals surface area (Å²) in [6.45, 7) is 2.10. The predicted molar refractivity (Wildman–Crippen MR) is 109 cm³/mol. The van der Waals surface area contributed by atoms with Crippen molar-refractivity contribution < 1.29 is 19.4 Å². The zero-order chi connectivity index (χ0) is 19.7. The van der Waals surface area contributed by atoms with E-state index >= 15 is 0 Å². The van der Waals surface area contributed by atoms with Crippen LogP contribution >= 0.6 is 11.3 Å². The first kappa shape index (κ1) is 18.3. The largest absolute Gasteiger partial charge is 0.477 e. The molecule has 1 aliphatic rings. The molecule has 0 saturated carbocycles. The van der Waals surface area contributed by atoms with Gasteiger partial charge in [-0.1, -0.05) is 55.5 Å². The summed E-state index contributed by atoms with van der Waals surface area (Å²) in [5.74, 6) is -0.996. The van der Waals surface area contributed by atoms with Gasteiger partial charge < -0.3 is 9.84 Å². The van der Waals surface area contributed by atoms with E-state index in [1.165, 1.54) is 11.1 Å². The topological polar surface area (TPSA) is 75.6 Å². The molecule has 0 radical (unpaired) electrons. The Morgan fingerprint density at radius 3 is 2.21 bits per heavy atom. The van der Waals surface area contributed by atoms with Crippen LogP contribution in [0.3, 0.4) is 0 Å². The van der Waals surface area contributed by atoms with Crippen LogP contribution in [0.15, 0.2) is 54.6 Å². The minimum Gasteiger partial charge on any atom is -0.477 e. The molecule has 1 heterocycles. The molecular weight excluding hydrogens is 374 g/mol. The van der Waals surface area contributed by atoms with Gasteiger partial charge in [0.05, 0.1) is 5.00 Å². The van der Waals surface area contributed by atoms with E-state index < -0.39 is 12.1 Å². The van der Waals surface area contributed by atoms with Gasteiger partial charge in [-0.3, -0.25) is 5.32 Å². The van der Waals surface area contributed by atoms with Crippen molar-refractivity contribution in [2.24, 2.45) is 0 Å². The quantitative estimate of drug-likeness (QED) is 0.611. The zero-order valence-electron chi connectivity index (χ0n) is 15.3. The molecule has 4 rings (SSSR count). The fourth-order valence-electron chi connectivity index (χ4n) is 3.67. The number of anilines is 1. The minimum atomic E-state index is -0.984. The summed E-state index contributed by atoms with van der Waals surface area (Å²) in [5.41, 5.74) is 5.34. The molecule has 0 fully saturated rings. The van der Waals surface area contributed by atoms with Crippen LogP contribution in [0.2, 0.25) is 0 Å². The van der Waals surface area contributed by atoms with E-state index in [4.69, 9.17) is 4.74 Å². The summed E-state index contributed by atoms with van der Waals surface area (Å²) >= 11 is 1.04. The Hall–Kier alpha value is -3.12. The van der Waals surface area contributed by atoms with Crippen LogP contribution in [0.25, 0.3) is 11.1 Å². The first-order valence-electron chi connectivity index (χ1n) is 9.06. The molecule has 1 aliphatic carbocycles. The van der Waals surface area contributed by atoms with Crippen LogP contribution in [-0.4, -0.2) is 23.8 Å². The van der Waals surface area contributed by atoms with E-state index in [0.29, 0.717) is 17.0 Å². The standard InChI is InChI=1S/C22H19NO4S/c1-2-13-11-19(28-20(13)21(24)25)23-22(26)27-12-18-16-9-5-3-7-14(16)15-8-4-6-10-17(15)18/h3-11,18H,2,12H2,1H3,(H,23,26)(H,24,25). The van der Waals surface area contributed by atoms with E-state index in [1.54, 1.807) is 6.07 Å². The third-order valence-electron chi connectivity index (χ3n) is 4.95. The molecule has 1 amide bonds. The molecule has 2 N–H and O–H groups in total. The lowest BCUT2D eigenvalue weighted by Crippen LogP contribution is -2.17.